The highest BCUT2D eigenvalue weighted by molar-refractivity contribution is 5.77. The number of nitrogens with zero attached hydrogens (tertiary/aromatic N) is 1. The third-order valence-electron chi connectivity index (χ3n) is 5.68. The van der Waals surface area contributed by atoms with Crippen LogP contribution in [0.15, 0.2) is 12.1 Å². The van der Waals surface area contributed by atoms with Gasteiger partial charge in [0.15, 0.2) is 0 Å². The Kier molecular flexibility index (Phi) is 10.2. The summed E-state index contributed by atoms with van der Waals surface area (Å²) in [5.74, 6) is 0.286. The van der Waals surface area contributed by atoms with Crippen LogP contribution in [0, 0.1) is 5.41 Å². The third-order valence-corrected chi connectivity index (χ3v) is 5.68. The number of aryl methyl sites for hydroxylation is 2. The molecule has 1 atom stereocenters. The number of hydrogen-bond acceptors (Lipinski definition) is 5. The number of nitrogens with one attached hydrogen (secondary N) is 2. The van der Waals surface area contributed by atoms with Gasteiger partial charge in [0, 0.05) is 38.2 Å². The van der Waals surface area contributed by atoms with Gasteiger partial charge in [-0.1, -0.05) is 32.8 Å². The van der Waals surface area contributed by atoms with Gasteiger partial charge in [-0.05, 0) is 55.6 Å². The average Bonchev–Trinajstić information content (AvgIpc) is 2.70. The first-order valence-corrected chi connectivity index (χ1v) is 11.5. The second-order valence-electron chi connectivity index (χ2n) is 9.41. The van der Waals surface area contributed by atoms with Crippen LogP contribution in [-0.4, -0.2) is 48.3 Å². The van der Waals surface area contributed by atoms with Crippen molar-refractivity contribution in [2.75, 3.05) is 25.6 Å². The van der Waals surface area contributed by atoms with Crippen LogP contribution in [0.4, 0.5) is 5.82 Å². The van der Waals surface area contributed by atoms with E-state index < -0.39 is 5.97 Å². The monoisotopic (exact) mass is 433 g/mol. The number of carboxylic acid groups (broad SMARTS) is 1. The molecule has 2 heterocycles. The zero-order chi connectivity index (χ0) is 22.7. The van der Waals surface area contributed by atoms with Gasteiger partial charge in [-0.3, -0.25) is 9.59 Å². The van der Waals surface area contributed by atoms with E-state index in [1.807, 2.05) is 13.8 Å². The van der Waals surface area contributed by atoms with E-state index in [1.54, 1.807) is 7.11 Å². The molecule has 174 valence electrons. The predicted octanol–water partition coefficient (Wildman–Crippen LogP) is 3.95. The number of anilines is 1. The SMILES string of the molecule is COCC(C)(C)CC(=O)NC(CCCCCC(=O)O)CCc1ccc2c(n1)NCCC2. The molecular weight excluding hydrogens is 394 g/mol. The molecule has 0 fully saturated rings. The van der Waals surface area contributed by atoms with Gasteiger partial charge in [0.1, 0.15) is 5.82 Å². The van der Waals surface area contributed by atoms with E-state index >= 15 is 0 Å². The quantitative estimate of drug-likeness (QED) is 0.384. The van der Waals surface area contributed by atoms with E-state index in [0.717, 1.165) is 63.0 Å². The summed E-state index contributed by atoms with van der Waals surface area (Å²) in [6.07, 6.45) is 7.73. The van der Waals surface area contributed by atoms with Crippen LogP contribution < -0.4 is 10.6 Å². The molecule has 1 unspecified atom stereocenters. The number of pyridine rings is 1. The molecule has 1 aromatic heterocycles. The minimum absolute atomic E-state index is 0.0395. The number of carbonyl (C=O) groups excluding carboxylic acids is 1. The maximum Gasteiger partial charge on any atom is 0.303 e. The molecule has 0 spiro atoms. The molecule has 0 saturated carbocycles. The lowest BCUT2D eigenvalue weighted by Gasteiger charge is -2.25. The number of hydrogen-bond donors (Lipinski definition) is 3. The van der Waals surface area contributed by atoms with Gasteiger partial charge >= 0.3 is 5.97 Å². The molecule has 7 heteroatoms. The lowest BCUT2D eigenvalue weighted by Crippen LogP contribution is -2.38. The normalized spacial score (nSPS) is 14.4. The molecule has 1 aromatic rings. The van der Waals surface area contributed by atoms with Crippen LogP contribution in [0.25, 0.3) is 0 Å². The first kappa shape index (κ1) is 25.1. The zero-order valence-electron chi connectivity index (χ0n) is 19.3. The van der Waals surface area contributed by atoms with Crippen LogP contribution in [-0.2, 0) is 27.2 Å². The van der Waals surface area contributed by atoms with Crippen molar-refractivity contribution in [2.45, 2.75) is 84.1 Å². The second kappa shape index (κ2) is 12.6. The summed E-state index contributed by atoms with van der Waals surface area (Å²) in [4.78, 5) is 28.1. The first-order chi connectivity index (χ1) is 14.8. The van der Waals surface area contributed by atoms with Gasteiger partial charge in [0.05, 0.1) is 6.61 Å². The molecule has 1 amide bonds. The van der Waals surface area contributed by atoms with Crippen molar-refractivity contribution in [3.05, 3.63) is 23.4 Å². The highest BCUT2D eigenvalue weighted by atomic mass is 16.5. The molecule has 0 saturated heterocycles. The fraction of sp³-hybridized carbons (Fsp3) is 0.708. The van der Waals surface area contributed by atoms with Crippen molar-refractivity contribution >= 4 is 17.7 Å². The van der Waals surface area contributed by atoms with Gasteiger partial charge in [0.2, 0.25) is 5.91 Å². The maximum absolute atomic E-state index is 12.7. The van der Waals surface area contributed by atoms with Crippen molar-refractivity contribution in [1.29, 1.82) is 0 Å². The Bertz CT molecular complexity index is 721. The Morgan fingerprint density at radius 1 is 1.26 bits per heavy atom. The molecular formula is C24H39N3O4. The molecule has 0 radical (unpaired) electrons. The number of fused-ring (bicyclic) bond motifs is 1. The molecule has 1 aliphatic rings. The minimum atomic E-state index is -0.752. The lowest BCUT2D eigenvalue weighted by molar-refractivity contribution is -0.137. The summed E-state index contributed by atoms with van der Waals surface area (Å²) in [6.45, 7) is 5.56. The Morgan fingerprint density at radius 3 is 2.81 bits per heavy atom. The lowest BCUT2D eigenvalue weighted by atomic mass is 9.89. The highest BCUT2D eigenvalue weighted by Crippen LogP contribution is 2.22. The molecule has 0 aliphatic carbocycles. The van der Waals surface area contributed by atoms with Crippen molar-refractivity contribution in [1.82, 2.24) is 10.3 Å². The predicted molar refractivity (Wildman–Crippen MR) is 122 cm³/mol. The minimum Gasteiger partial charge on any atom is -0.481 e. The molecule has 31 heavy (non-hydrogen) atoms. The summed E-state index contributed by atoms with van der Waals surface area (Å²) >= 11 is 0. The Balaban J connectivity index is 1.91. The zero-order valence-corrected chi connectivity index (χ0v) is 19.3. The van der Waals surface area contributed by atoms with Gasteiger partial charge < -0.3 is 20.5 Å². The second-order valence-corrected chi connectivity index (χ2v) is 9.41. The van der Waals surface area contributed by atoms with Gasteiger partial charge in [0.25, 0.3) is 0 Å². The Morgan fingerprint density at radius 2 is 2.06 bits per heavy atom. The molecule has 0 aromatic carbocycles. The van der Waals surface area contributed by atoms with Crippen LogP contribution in [0.1, 0.15) is 76.5 Å². The van der Waals surface area contributed by atoms with Gasteiger partial charge in [-0.25, -0.2) is 4.98 Å². The largest absolute Gasteiger partial charge is 0.481 e. The van der Waals surface area contributed by atoms with Crippen LogP contribution in [0.3, 0.4) is 0 Å². The summed E-state index contributed by atoms with van der Waals surface area (Å²) in [6, 6.07) is 4.32. The highest BCUT2D eigenvalue weighted by Gasteiger charge is 2.23. The van der Waals surface area contributed by atoms with Crippen LogP contribution >= 0.6 is 0 Å². The van der Waals surface area contributed by atoms with Crippen molar-refractivity contribution in [2.24, 2.45) is 5.41 Å². The van der Waals surface area contributed by atoms with Crippen LogP contribution in [0.2, 0.25) is 0 Å². The summed E-state index contributed by atoms with van der Waals surface area (Å²) in [5, 5.41) is 15.4. The van der Waals surface area contributed by atoms with Gasteiger partial charge in [-0.2, -0.15) is 0 Å². The number of carboxylic acids is 1. The van der Waals surface area contributed by atoms with E-state index in [-0.39, 0.29) is 23.8 Å². The smallest absolute Gasteiger partial charge is 0.303 e. The van der Waals surface area contributed by atoms with Crippen molar-refractivity contribution in [3.8, 4) is 0 Å². The molecule has 0 bridgehead atoms. The summed E-state index contributed by atoms with van der Waals surface area (Å²) < 4.78 is 5.23. The van der Waals surface area contributed by atoms with E-state index in [9.17, 15) is 9.59 Å². The standard InChI is InChI=1S/C24H39N3O4/c1-24(2,17-31-3)16-21(28)26-19(9-5-4-6-10-22(29)30)13-14-20-12-11-18-8-7-15-25-23(18)27-20/h11-12,19H,4-10,13-17H2,1-3H3,(H,25,27)(H,26,28)(H,29,30). The third kappa shape index (κ3) is 9.68. The fourth-order valence-electron chi connectivity index (χ4n) is 4.12. The fourth-order valence-corrected chi connectivity index (χ4v) is 4.12. The van der Waals surface area contributed by atoms with E-state index in [2.05, 4.69) is 22.8 Å². The Labute approximate surface area is 186 Å². The number of aliphatic carboxylic acids is 1. The van der Waals surface area contributed by atoms with Crippen LogP contribution in [0.5, 0.6) is 0 Å². The van der Waals surface area contributed by atoms with E-state index in [4.69, 9.17) is 14.8 Å². The summed E-state index contributed by atoms with van der Waals surface area (Å²) in [5.41, 5.74) is 2.10. The number of unbranched alkanes of at least 4 members (excludes halogenated alkanes) is 2. The summed E-state index contributed by atoms with van der Waals surface area (Å²) in [7, 11) is 1.65. The molecule has 3 N–H and O–H groups in total. The number of methoxy groups -OCH3 is 1. The molecule has 7 nitrogen and oxygen atoms in total. The number of amides is 1. The topological polar surface area (TPSA) is 101 Å². The van der Waals surface area contributed by atoms with E-state index in [0.29, 0.717) is 19.4 Å². The van der Waals surface area contributed by atoms with E-state index in [1.165, 1.54) is 5.56 Å². The van der Waals surface area contributed by atoms with Crippen molar-refractivity contribution < 1.29 is 19.4 Å². The number of ether oxygens (including phenoxy) is 1. The maximum atomic E-state index is 12.7. The average molecular weight is 434 g/mol. The number of carbonyl (C=O) groups is 2. The van der Waals surface area contributed by atoms with Crippen molar-refractivity contribution in [3.63, 3.8) is 0 Å². The number of rotatable bonds is 14. The van der Waals surface area contributed by atoms with Gasteiger partial charge in [-0.15, -0.1) is 0 Å². The first-order valence-electron chi connectivity index (χ1n) is 11.5. The number of aromatic nitrogens is 1. The Hall–Kier alpha value is -2.15. The molecule has 1 aliphatic heterocycles. The molecule has 2 rings (SSSR count).